The first-order chi connectivity index (χ1) is 7.83. The molecule has 1 aliphatic carbocycles. The summed E-state index contributed by atoms with van der Waals surface area (Å²) in [5.74, 6) is 0.106. The van der Waals surface area contributed by atoms with Crippen molar-refractivity contribution >= 4 is 12.1 Å². The molecule has 0 radical (unpaired) electrons. The number of hydrogen-bond donors (Lipinski definition) is 0. The van der Waals surface area contributed by atoms with Crippen LogP contribution in [-0.2, 0) is 14.3 Å². The summed E-state index contributed by atoms with van der Waals surface area (Å²) in [6, 6.07) is -0.285. The zero-order chi connectivity index (χ0) is 12.8. The van der Waals surface area contributed by atoms with Crippen molar-refractivity contribution in [2.45, 2.75) is 51.3 Å². The van der Waals surface area contributed by atoms with Gasteiger partial charge in [0.25, 0.3) is 0 Å². The van der Waals surface area contributed by atoms with E-state index in [1.54, 1.807) is 4.90 Å². The Morgan fingerprint density at radius 3 is 2.41 bits per heavy atom. The van der Waals surface area contributed by atoms with Gasteiger partial charge in [-0.05, 0) is 39.5 Å². The van der Waals surface area contributed by atoms with Crippen LogP contribution in [0.4, 0.5) is 4.79 Å². The highest BCUT2D eigenvalue weighted by atomic mass is 16.6. The molecular weight excluding hydrogens is 222 g/mol. The molecule has 1 saturated carbocycles. The van der Waals surface area contributed by atoms with E-state index in [-0.39, 0.29) is 12.0 Å². The Bertz CT molecular complexity index is 347. The summed E-state index contributed by atoms with van der Waals surface area (Å²) in [7, 11) is 1.35. The Kier molecular flexibility index (Phi) is 2.79. The molecule has 0 unspecified atom stereocenters. The van der Waals surface area contributed by atoms with E-state index >= 15 is 0 Å². The number of nitrogens with zero attached hydrogens (tertiary/aromatic N) is 1. The van der Waals surface area contributed by atoms with Gasteiger partial charge in [-0.2, -0.15) is 0 Å². The fraction of sp³-hybridized carbons (Fsp3) is 0.833. The number of rotatable bonds is 1. The predicted octanol–water partition coefficient (Wildman–Crippen LogP) is 1.56. The standard InChI is InChI=1S/C12H19NO4/c1-12(2,3)17-11(15)13-8-5-7(8)6-9(13)10(14)16-4/h7-9H,5-6H2,1-4H3/t7-,8-,9+/m0/s1. The molecule has 0 aromatic carbocycles. The quantitative estimate of drug-likeness (QED) is 0.654. The van der Waals surface area contributed by atoms with E-state index < -0.39 is 17.7 Å². The number of likely N-dealkylation sites (tertiary alicyclic amines) is 1. The molecule has 5 nitrogen and oxygen atoms in total. The second-order valence-corrected chi connectivity index (χ2v) is 5.73. The molecule has 3 atom stereocenters. The highest BCUT2D eigenvalue weighted by Crippen LogP contribution is 2.48. The first kappa shape index (κ1) is 12.2. The number of methoxy groups -OCH3 is 1. The predicted molar refractivity (Wildman–Crippen MR) is 60.4 cm³/mol. The van der Waals surface area contributed by atoms with E-state index in [9.17, 15) is 9.59 Å². The van der Waals surface area contributed by atoms with Crippen molar-refractivity contribution in [3.8, 4) is 0 Å². The van der Waals surface area contributed by atoms with Gasteiger partial charge in [-0.15, -0.1) is 0 Å². The highest BCUT2D eigenvalue weighted by molar-refractivity contribution is 5.83. The zero-order valence-corrected chi connectivity index (χ0v) is 10.7. The lowest BCUT2D eigenvalue weighted by Gasteiger charge is -2.29. The molecule has 5 heteroatoms. The van der Waals surface area contributed by atoms with Crippen LogP contribution in [0.5, 0.6) is 0 Å². The molecule has 17 heavy (non-hydrogen) atoms. The Morgan fingerprint density at radius 1 is 1.24 bits per heavy atom. The molecule has 2 aliphatic rings. The Morgan fingerprint density at radius 2 is 1.88 bits per heavy atom. The van der Waals surface area contributed by atoms with E-state index in [4.69, 9.17) is 9.47 Å². The lowest BCUT2D eigenvalue weighted by molar-refractivity contribution is -0.146. The SMILES string of the molecule is COC(=O)[C@H]1C[C@@H]2C[C@@H]2N1C(=O)OC(C)(C)C. The molecule has 0 spiro atoms. The number of piperidine rings is 1. The third-order valence-corrected chi connectivity index (χ3v) is 3.18. The lowest BCUT2D eigenvalue weighted by Crippen LogP contribution is -2.46. The van der Waals surface area contributed by atoms with Crippen LogP contribution in [0.15, 0.2) is 0 Å². The molecule has 1 amide bonds. The van der Waals surface area contributed by atoms with E-state index in [2.05, 4.69) is 0 Å². The topological polar surface area (TPSA) is 55.8 Å². The van der Waals surface area contributed by atoms with Crippen molar-refractivity contribution in [1.82, 2.24) is 4.90 Å². The summed E-state index contributed by atoms with van der Waals surface area (Å²) in [6.07, 6.45) is 1.28. The molecule has 1 saturated heterocycles. The van der Waals surface area contributed by atoms with Crippen LogP contribution in [-0.4, -0.2) is 41.8 Å². The van der Waals surface area contributed by atoms with E-state index in [1.807, 2.05) is 20.8 Å². The normalized spacial score (nSPS) is 30.8. The molecule has 0 aromatic heterocycles. The van der Waals surface area contributed by atoms with Crippen molar-refractivity contribution < 1.29 is 19.1 Å². The fourth-order valence-electron chi connectivity index (χ4n) is 2.38. The summed E-state index contributed by atoms with van der Waals surface area (Å²) in [5.41, 5.74) is -0.537. The maximum Gasteiger partial charge on any atom is 0.411 e. The minimum Gasteiger partial charge on any atom is -0.467 e. The van der Waals surface area contributed by atoms with Crippen LogP contribution in [0, 0.1) is 5.92 Å². The van der Waals surface area contributed by atoms with Gasteiger partial charge in [-0.1, -0.05) is 0 Å². The molecular formula is C12H19NO4. The minimum atomic E-state index is -0.537. The second-order valence-electron chi connectivity index (χ2n) is 5.73. The van der Waals surface area contributed by atoms with Gasteiger partial charge in [0, 0.05) is 6.04 Å². The van der Waals surface area contributed by atoms with Gasteiger partial charge < -0.3 is 9.47 Å². The number of hydrogen-bond acceptors (Lipinski definition) is 4. The van der Waals surface area contributed by atoms with E-state index in [0.717, 1.165) is 6.42 Å². The number of carbonyl (C=O) groups is 2. The van der Waals surface area contributed by atoms with Gasteiger partial charge in [0.2, 0.25) is 0 Å². The van der Waals surface area contributed by atoms with Crippen LogP contribution in [0.2, 0.25) is 0 Å². The van der Waals surface area contributed by atoms with Gasteiger partial charge in [0.1, 0.15) is 11.6 Å². The monoisotopic (exact) mass is 241 g/mol. The summed E-state index contributed by atoms with van der Waals surface area (Å²) < 4.78 is 10.0. The average Bonchev–Trinajstić information content (AvgIpc) is 2.85. The van der Waals surface area contributed by atoms with Gasteiger partial charge in [-0.25, -0.2) is 9.59 Å². The van der Waals surface area contributed by atoms with Crippen molar-refractivity contribution in [2.75, 3.05) is 7.11 Å². The molecule has 0 bridgehead atoms. The second kappa shape index (κ2) is 3.89. The first-order valence-corrected chi connectivity index (χ1v) is 5.92. The fourth-order valence-corrected chi connectivity index (χ4v) is 2.38. The number of amides is 1. The van der Waals surface area contributed by atoms with Crippen LogP contribution >= 0.6 is 0 Å². The maximum atomic E-state index is 12.0. The highest BCUT2D eigenvalue weighted by Gasteiger charge is 2.57. The molecule has 1 heterocycles. The number of fused-ring (bicyclic) bond motifs is 1. The smallest absolute Gasteiger partial charge is 0.411 e. The number of ether oxygens (including phenoxy) is 2. The average molecular weight is 241 g/mol. The Balaban J connectivity index is 2.07. The lowest BCUT2D eigenvalue weighted by atomic mass is 10.2. The van der Waals surface area contributed by atoms with Gasteiger partial charge in [0.05, 0.1) is 7.11 Å². The van der Waals surface area contributed by atoms with E-state index in [1.165, 1.54) is 7.11 Å². The van der Waals surface area contributed by atoms with Crippen molar-refractivity contribution in [3.63, 3.8) is 0 Å². The molecule has 0 aromatic rings. The van der Waals surface area contributed by atoms with Crippen molar-refractivity contribution in [1.29, 1.82) is 0 Å². The van der Waals surface area contributed by atoms with Gasteiger partial charge in [0.15, 0.2) is 0 Å². The maximum absolute atomic E-state index is 12.0. The van der Waals surface area contributed by atoms with Crippen molar-refractivity contribution in [2.24, 2.45) is 5.92 Å². The van der Waals surface area contributed by atoms with E-state index in [0.29, 0.717) is 12.3 Å². The molecule has 1 aliphatic heterocycles. The minimum absolute atomic E-state index is 0.175. The zero-order valence-electron chi connectivity index (χ0n) is 10.7. The number of carbonyl (C=O) groups excluding carboxylic acids is 2. The third kappa shape index (κ3) is 2.37. The largest absolute Gasteiger partial charge is 0.467 e. The first-order valence-electron chi connectivity index (χ1n) is 5.92. The summed E-state index contributed by atoms with van der Waals surface area (Å²) >= 11 is 0. The number of esters is 1. The van der Waals surface area contributed by atoms with Gasteiger partial charge >= 0.3 is 12.1 Å². The van der Waals surface area contributed by atoms with Crippen LogP contribution in [0.25, 0.3) is 0 Å². The Labute approximate surface area is 101 Å². The third-order valence-electron chi connectivity index (χ3n) is 3.18. The van der Waals surface area contributed by atoms with Crippen molar-refractivity contribution in [3.05, 3.63) is 0 Å². The van der Waals surface area contributed by atoms with Crippen LogP contribution < -0.4 is 0 Å². The molecule has 2 rings (SSSR count). The molecule has 96 valence electrons. The summed E-state index contributed by atoms with van der Waals surface area (Å²) in [6.45, 7) is 5.45. The Hall–Kier alpha value is -1.26. The van der Waals surface area contributed by atoms with Crippen LogP contribution in [0.1, 0.15) is 33.6 Å². The van der Waals surface area contributed by atoms with Crippen LogP contribution in [0.3, 0.4) is 0 Å². The molecule has 0 N–H and O–H groups in total. The summed E-state index contributed by atoms with van der Waals surface area (Å²) in [5, 5.41) is 0. The van der Waals surface area contributed by atoms with Gasteiger partial charge in [-0.3, -0.25) is 4.90 Å². The summed E-state index contributed by atoms with van der Waals surface area (Å²) in [4.78, 5) is 25.2. The molecule has 2 fully saturated rings.